The highest BCUT2D eigenvalue weighted by Crippen LogP contribution is 2.38. The van der Waals surface area contributed by atoms with Gasteiger partial charge in [-0.15, -0.1) is 11.8 Å². The summed E-state index contributed by atoms with van der Waals surface area (Å²) >= 11 is 1.77. The fourth-order valence-electron chi connectivity index (χ4n) is 2.54. The Morgan fingerprint density at radius 2 is 2.00 bits per heavy atom. The Morgan fingerprint density at radius 1 is 1.18 bits per heavy atom. The van der Waals surface area contributed by atoms with Gasteiger partial charge in [-0.2, -0.15) is 0 Å². The van der Waals surface area contributed by atoms with Crippen molar-refractivity contribution in [2.24, 2.45) is 7.05 Å². The van der Waals surface area contributed by atoms with Crippen LogP contribution < -0.4 is 0 Å². The first-order chi connectivity index (χ1) is 10.7. The van der Waals surface area contributed by atoms with E-state index in [0.717, 1.165) is 28.3 Å². The molecule has 0 saturated carbocycles. The Labute approximate surface area is 134 Å². The summed E-state index contributed by atoms with van der Waals surface area (Å²) in [6.45, 7) is 2.13. The molecule has 0 unspecified atom stereocenters. The number of thioether (sulfide) groups is 1. The van der Waals surface area contributed by atoms with Crippen LogP contribution in [0.15, 0.2) is 59.8 Å². The highest BCUT2D eigenvalue weighted by molar-refractivity contribution is 7.99. The summed E-state index contributed by atoms with van der Waals surface area (Å²) in [5.41, 5.74) is 2.94. The molecule has 1 heterocycles. The van der Waals surface area contributed by atoms with E-state index in [4.69, 9.17) is 0 Å². The number of rotatable bonds is 4. The number of hydrogen-bond acceptors (Lipinski definition) is 2. The summed E-state index contributed by atoms with van der Waals surface area (Å²) in [5, 5.41) is 0. The van der Waals surface area contributed by atoms with Crippen LogP contribution in [0.25, 0.3) is 22.5 Å². The third-order valence-electron chi connectivity index (χ3n) is 3.51. The van der Waals surface area contributed by atoms with Crippen LogP contribution in [0.3, 0.4) is 0 Å². The molecule has 0 radical (unpaired) electrons. The first-order valence-corrected chi connectivity index (χ1v) is 8.18. The minimum atomic E-state index is -0.225. The summed E-state index contributed by atoms with van der Waals surface area (Å²) < 4.78 is 15.6. The molecular formula is C18H17FN2S. The van der Waals surface area contributed by atoms with Gasteiger partial charge in [0.15, 0.2) is 0 Å². The molecule has 0 amide bonds. The topological polar surface area (TPSA) is 17.8 Å². The molecule has 0 saturated heterocycles. The van der Waals surface area contributed by atoms with E-state index >= 15 is 0 Å². The molecule has 22 heavy (non-hydrogen) atoms. The number of halogens is 1. The van der Waals surface area contributed by atoms with E-state index < -0.39 is 0 Å². The standard InChI is InChI=1S/C18H17FN2S/c1-3-22-16-9-5-8-15(13-6-4-7-14(19)12-13)17(16)18-20-10-11-21(18)2/h4-12H,3H2,1-2H3. The first kappa shape index (κ1) is 14.9. The lowest BCUT2D eigenvalue weighted by molar-refractivity contribution is 0.628. The van der Waals surface area contributed by atoms with Crippen LogP contribution in [0.1, 0.15) is 6.92 Å². The summed E-state index contributed by atoms with van der Waals surface area (Å²) in [6, 6.07) is 12.9. The minimum Gasteiger partial charge on any atom is -0.334 e. The van der Waals surface area contributed by atoms with Crippen LogP contribution in [0.4, 0.5) is 4.39 Å². The highest BCUT2D eigenvalue weighted by Gasteiger charge is 2.16. The van der Waals surface area contributed by atoms with Gasteiger partial charge in [-0.05, 0) is 35.1 Å². The molecule has 0 fully saturated rings. The van der Waals surface area contributed by atoms with Crippen molar-refractivity contribution in [3.05, 3.63) is 60.7 Å². The van der Waals surface area contributed by atoms with Crippen molar-refractivity contribution in [3.8, 4) is 22.5 Å². The summed E-state index contributed by atoms with van der Waals surface area (Å²) in [5.74, 6) is 1.65. The maximum Gasteiger partial charge on any atom is 0.141 e. The van der Waals surface area contributed by atoms with Crippen molar-refractivity contribution in [1.29, 1.82) is 0 Å². The second-order valence-corrected chi connectivity index (χ2v) is 6.29. The zero-order valence-corrected chi connectivity index (χ0v) is 13.4. The van der Waals surface area contributed by atoms with Gasteiger partial charge in [0.1, 0.15) is 11.6 Å². The maximum absolute atomic E-state index is 13.6. The van der Waals surface area contributed by atoms with Gasteiger partial charge in [-0.3, -0.25) is 0 Å². The molecule has 2 nitrogen and oxygen atoms in total. The third-order valence-corrected chi connectivity index (χ3v) is 4.45. The smallest absolute Gasteiger partial charge is 0.141 e. The molecule has 1 aromatic heterocycles. The van der Waals surface area contributed by atoms with E-state index in [1.165, 1.54) is 11.0 Å². The molecule has 112 valence electrons. The predicted molar refractivity (Wildman–Crippen MR) is 90.4 cm³/mol. The number of aryl methyl sites for hydroxylation is 1. The molecule has 0 N–H and O–H groups in total. The van der Waals surface area contributed by atoms with Crippen molar-refractivity contribution < 1.29 is 4.39 Å². The average Bonchev–Trinajstić information content (AvgIpc) is 2.93. The molecule has 0 spiro atoms. The summed E-state index contributed by atoms with van der Waals surface area (Å²) in [4.78, 5) is 5.66. The Morgan fingerprint density at radius 3 is 2.68 bits per heavy atom. The number of nitrogens with zero attached hydrogens (tertiary/aromatic N) is 2. The maximum atomic E-state index is 13.6. The zero-order chi connectivity index (χ0) is 15.5. The Hall–Kier alpha value is -2.07. The van der Waals surface area contributed by atoms with Gasteiger partial charge in [-0.25, -0.2) is 9.37 Å². The molecule has 0 bridgehead atoms. The normalized spacial score (nSPS) is 10.9. The largest absolute Gasteiger partial charge is 0.334 e. The van der Waals surface area contributed by atoms with Crippen LogP contribution in [-0.4, -0.2) is 15.3 Å². The van der Waals surface area contributed by atoms with E-state index in [9.17, 15) is 4.39 Å². The number of aromatic nitrogens is 2. The van der Waals surface area contributed by atoms with Gasteiger partial charge in [0.25, 0.3) is 0 Å². The third kappa shape index (κ3) is 2.79. The Kier molecular flexibility index (Phi) is 4.29. The van der Waals surface area contributed by atoms with E-state index in [1.807, 2.05) is 36.0 Å². The molecule has 4 heteroatoms. The van der Waals surface area contributed by atoms with Crippen molar-refractivity contribution in [1.82, 2.24) is 9.55 Å². The van der Waals surface area contributed by atoms with Crippen molar-refractivity contribution in [2.75, 3.05) is 5.75 Å². The number of benzene rings is 2. The van der Waals surface area contributed by atoms with E-state index in [0.29, 0.717) is 0 Å². The Bertz CT molecular complexity index is 795. The van der Waals surface area contributed by atoms with Crippen LogP contribution in [0.2, 0.25) is 0 Å². The van der Waals surface area contributed by atoms with Crippen molar-refractivity contribution in [3.63, 3.8) is 0 Å². The molecule has 0 aliphatic heterocycles. The van der Waals surface area contributed by atoms with Gasteiger partial charge >= 0.3 is 0 Å². The van der Waals surface area contributed by atoms with Gasteiger partial charge in [0.2, 0.25) is 0 Å². The fourth-order valence-corrected chi connectivity index (χ4v) is 3.37. The second kappa shape index (κ2) is 6.36. The van der Waals surface area contributed by atoms with Crippen LogP contribution in [0.5, 0.6) is 0 Å². The Balaban J connectivity index is 2.26. The van der Waals surface area contributed by atoms with E-state index in [2.05, 4.69) is 18.0 Å². The summed E-state index contributed by atoms with van der Waals surface area (Å²) in [7, 11) is 1.98. The average molecular weight is 312 g/mol. The summed E-state index contributed by atoms with van der Waals surface area (Å²) in [6.07, 6.45) is 3.72. The monoisotopic (exact) mass is 312 g/mol. The fraction of sp³-hybridized carbons (Fsp3) is 0.167. The van der Waals surface area contributed by atoms with Crippen molar-refractivity contribution in [2.45, 2.75) is 11.8 Å². The van der Waals surface area contributed by atoms with Crippen LogP contribution >= 0.6 is 11.8 Å². The second-order valence-electron chi connectivity index (χ2n) is 4.98. The van der Waals surface area contributed by atoms with E-state index in [-0.39, 0.29) is 5.82 Å². The lowest BCUT2D eigenvalue weighted by Gasteiger charge is -2.14. The van der Waals surface area contributed by atoms with Gasteiger partial charge in [0, 0.05) is 29.9 Å². The lowest BCUT2D eigenvalue weighted by Crippen LogP contribution is -1.96. The van der Waals surface area contributed by atoms with Crippen molar-refractivity contribution >= 4 is 11.8 Å². The van der Waals surface area contributed by atoms with Crippen LogP contribution in [-0.2, 0) is 7.05 Å². The molecule has 0 atom stereocenters. The molecule has 2 aromatic carbocycles. The van der Waals surface area contributed by atoms with Crippen LogP contribution in [0, 0.1) is 5.82 Å². The molecular weight excluding hydrogens is 295 g/mol. The molecule has 3 rings (SSSR count). The molecule has 0 aliphatic carbocycles. The molecule has 0 aliphatic rings. The lowest BCUT2D eigenvalue weighted by atomic mass is 9.99. The minimum absolute atomic E-state index is 0.225. The van der Waals surface area contributed by atoms with Gasteiger partial charge < -0.3 is 4.57 Å². The quantitative estimate of drug-likeness (QED) is 0.631. The van der Waals surface area contributed by atoms with Gasteiger partial charge in [0.05, 0.1) is 0 Å². The SMILES string of the molecule is CCSc1cccc(-c2cccc(F)c2)c1-c1nccn1C. The van der Waals surface area contributed by atoms with E-state index in [1.54, 1.807) is 30.1 Å². The first-order valence-electron chi connectivity index (χ1n) is 7.20. The zero-order valence-electron chi connectivity index (χ0n) is 12.6. The van der Waals surface area contributed by atoms with Gasteiger partial charge in [-0.1, -0.05) is 31.2 Å². The predicted octanol–water partition coefficient (Wildman–Crippen LogP) is 5.01. The molecule has 3 aromatic rings. The number of hydrogen-bond donors (Lipinski definition) is 0. The highest BCUT2D eigenvalue weighted by atomic mass is 32.2. The number of imidazole rings is 1.